The van der Waals surface area contributed by atoms with Gasteiger partial charge in [0, 0.05) is 22.5 Å². The predicted molar refractivity (Wildman–Crippen MR) is 91.9 cm³/mol. The molecule has 1 N–H and O–H groups in total. The smallest absolute Gasteiger partial charge is 0.234 e. The second kappa shape index (κ2) is 7.11. The van der Waals surface area contributed by atoms with E-state index in [2.05, 4.69) is 15.5 Å². The maximum absolute atomic E-state index is 12.1. The third-order valence-corrected chi connectivity index (χ3v) is 4.21. The SMILES string of the molecule is COc1cccc(NC(=O)CSc2nncc3ccccc23)c1. The van der Waals surface area contributed by atoms with Gasteiger partial charge in [-0.1, -0.05) is 42.1 Å². The third kappa shape index (κ3) is 3.78. The summed E-state index contributed by atoms with van der Waals surface area (Å²) in [7, 11) is 1.59. The van der Waals surface area contributed by atoms with Crippen molar-refractivity contribution in [1.82, 2.24) is 10.2 Å². The van der Waals surface area contributed by atoms with Gasteiger partial charge in [-0.2, -0.15) is 5.10 Å². The number of anilines is 1. The summed E-state index contributed by atoms with van der Waals surface area (Å²) in [5.74, 6) is 0.869. The summed E-state index contributed by atoms with van der Waals surface area (Å²) < 4.78 is 5.14. The Hall–Kier alpha value is -2.60. The van der Waals surface area contributed by atoms with Crippen molar-refractivity contribution in [2.45, 2.75) is 5.03 Å². The van der Waals surface area contributed by atoms with Crippen LogP contribution in [0.3, 0.4) is 0 Å². The molecule has 0 aliphatic carbocycles. The minimum atomic E-state index is -0.0991. The zero-order valence-electron chi connectivity index (χ0n) is 12.5. The quantitative estimate of drug-likeness (QED) is 0.729. The number of ether oxygens (including phenoxy) is 1. The van der Waals surface area contributed by atoms with Gasteiger partial charge >= 0.3 is 0 Å². The van der Waals surface area contributed by atoms with E-state index >= 15 is 0 Å². The Kier molecular flexibility index (Phi) is 4.73. The first-order chi connectivity index (χ1) is 11.3. The molecule has 0 saturated carbocycles. The third-order valence-electron chi connectivity index (χ3n) is 3.23. The van der Waals surface area contributed by atoms with Crippen molar-refractivity contribution in [3.63, 3.8) is 0 Å². The zero-order chi connectivity index (χ0) is 16.1. The monoisotopic (exact) mass is 325 g/mol. The summed E-state index contributed by atoms with van der Waals surface area (Å²) >= 11 is 1.37. The summed E-state index contributed by atoms with van der Waals surface area (Å²) in [6, 6.07) is 15.1. The summed E-state index contributed by atoms with van der Waals surface area (Å²) in [5.41, 5.74) is 0.707. The molecule has 2 aromatic carbocycles. The maximum Gasteiger partial charge on any atom is 0.234 e. The fourth-order valence-electron chi connectivity index (χ4n) is 2.14. The summed E-state index contributed by atoms with van der Waals surface area (Å²) in [4.78, 5) is 12.1. The number of methoxy groups -OCH3 is 1. The Morgan fingerprint density at radius 1 is 1.22 bits per heavy atom. The topological polar surface area (TPSA) is 64.1 Å². The Morgan fingerprint density at radius 3 is 2.96 bits per heavy atom. The van der Waals surface area contributed by atoms with Crippen LogP contribution in [0.25, 0.3) is 10.8 Å². The van der Waals surface area contributed by atoms with Crippen LogP contribution < -0.4 is 10.1 Å². The first-order valence-electron chi connectivity index (χ1n) is 7.03. The van der Waals surface area contributed by atoms with E-state index in [4.69, 9.17) is 4.74 Å². The minimum absolute atomic E-state index is 0.0991. The van der Waals surface area contributed by atoms with Gasteiger partial charge < -0.3 is 10.1 Å². The molecule has 0 bridgehead atoms. The Bertz CT molecular complexity index is 833. The number of benzene rings is 2. The van der Waals surface area contributed by atoms with Crippen LogP contribution in [-0.4, -0.2) is 29.0 Å². The van der Waals surface area contributed by atoms with Crippen molar-refractivity contribution in [2.24, 2.45) is 0 Å². The Morgan fingerprint density at radius 2 is 2.09 bits per heavy atom. The lowest BCUT2D eigenvalue weighted by Gasteiger charge is -2.07. The van der Waals surface area contributed by atoms with E-state index in [1.165, 1.54) is 11.8 Å². The highest BCUT2D eigenvalue weighted by molar-refractivity contribution is 8.00. The number of nitrogens with zero attached hydrogens (tertiary/aromatic N) is 2. The molecule has 0 fully saturated rings. The van der Waals surface area contributed by atoms with Crippen LogP contribution in [0.15, 0.2) is 59.8 Å². The van der Waals surface area contributed by atoms with Crippen LogP contribution in [0.2, 0.25) is 0 Å². The molecule has 116 valence electrons. The highest BCUT2D eigenvalue weighted by Crippen LogP contribution is 2.25. The molecule has 6 heteroatoms. The van der Waals surface area contributed by atoms with Gasteiger partial charge in [-0.3, -0.25) is 4.79 Å². The van der Waals surface area contributed by atoms with Crippen LogP contribution in [0.4, 0.5) is 5.69 Å². The maximum atomic E-state index is 12.1. The fourth-order valence-corrected chi connectivity index (χ4v) is 2.93. The zero-order valence-corrected chi connectivity index (χ0v) is 13.3. The van der Waals surface area contributed by atoms with Crippen molar-refractivity contribution in [1.29, 1.82) is 0 Å². The lowest BCUT2D eigenvalue weighted by atomic mass is 10.2. The second-order valence-corrected chi connectivity index (χ2v) is 5.77. The number of hydrogen-bond donors (Lipinski definition) is 1. The lowest BCUT2D eigenvalue weighted by Crippen LogP contribution is -2.14. The molecular formula is C17H15N3O2S. The van der Waals surface area contributed by atoms with Crippen LogP contribution in [0.5, 0.6) is 5.75 Å². The number of aromatic nitrogens is 2. The summed E-state index contributed by atoms with van der Waals surface area (Å²) in [6.45, 7) is 0. The first-order valence-corrected chi connectivity index (χ1v) is 8.02. The van der Waals surface area contributed by atoms with E-state index in [-0.39, 0.29) is 11.7 Å². The lowest BCUT2D eigenvalue weighted by molar-refractivity contribution is -0.113. The van der Waals surface area contributed by atoms with E-state index in [0.29, 0.717) is 11.4 Å². The van der Waals surface area contributed by atoms with E-state index < -0.39 is 0 Å². The number of amides is 1. The molecule has 23 heavy (non-hydrogen) atoms. The standard InChI is InChI=1S/C17H15N3O2S/c1-22-14-7-4-6-13(9-14)19-16(21)11-23-17-15-8-3-2-5-12(15)10-18-20-17/h2-10H,11H2,1H3,(H,19,21). The van der Waals surface area contributed by atoms with Crippen LogP contribution in [-0.2, 0) is 4.79 Å². The van der Waals surface area contributed by atoms with Gasteiger partial charge in [-0.05, 0) is 12.1 Å². The average molecular weight is 325 g/mol. The van der Waals surface area contributed by atoms with Gasteiger partial charge in [0.05, 0.1) is 19.1 Å². The molecule has 1 heterocycles. The molecule has 1 amide bonds. The first kappa shape index (κ1) is 15.3. The van der Waals surface area contributed by atoms with Crippen molar-refractivity contribution in [3.8, 4) is 5.75 Å². The van der Waals surface area contributed by atoms with Gasteiger partial charge in [0.15, 0.2) is 0 Å². The minimum Gasteiger partial charge on any atom is -0.497 e. The molecule has 0 spiro atoms. The molecule has 0 saturated heterocycles. The Balaban J connectivity index is 1.66. The van der Waals surface area contributed by atoms with Gasteiger partial charge in [-0.25, -0.2) is 0 Å². The molecule has 0 atom stereocenters. The van der Waals surface area contributed by atoms with Gasteiger partial charge in [0.1, 0.15) is 10.8 Å². The summed E-state index contributed by atoms with van der Waals surface area (Å²) in [6.07, 6.45) is 1.72. The molecular weight excluding hydrogens is 310 g/mol. The summed E-state index contributed by atoms with van der Waals surface area (Å²) in [5, 5.41) is 13.7. The molecule has 0 radical (unpaired) electrons. The molecule has 3 aromatic rings. The highest BCUT2D eigenvalue weighted by atomic mass is 32.2. The second-order valence-electron chi connectivity index (χ2n) is 4.81. The normalized spacial score (nSPS) is 10.5. The molecule has 0 unspecified atom stereocenters. The highest BCUT2D eigenvalue weighted by Gasteiger charge is 2.08. The number of fused-ring (bicyclic) bond motifs is 1. The number of carbonyl (C=O) groups is 1. The van der Waals surface area contributed by atoms with Gasteiger partial charge in [0.2, 0.25) is 5.91 Å². The van der Waals surface area contributed by atoms with Crippen molar-refractivity contribution in [2.75, 3.05) is 18.2 Å². The van der Waals surface area contributed by atoms with Gasteiger partial charge in [0.25, 0.3) is 0 Å². The van der Waals surface area contributed by atoms with E-state index in [1.54, 1.807) is 19.4 Å². The number of hydrogen-bond acceptors (Lipinski definition) is 5. The van der Waals surface area contributed by atoms with Crippen molar-refractivity contribution in [3.05, 3.63) is 54.7 Å². The van der Waals surface area contributed by atoms with Gasteiger partial charge in [-0.15, -0.1) is 5.10 Å². The number of carbonyl (C=O) groups excluding carboxylic acids is 1. The van der Waals surface area contributed by atoms with E-state index in [0.717, 1.165) is 15.8 Å². The average Bonchev–Trinajstić information content (AvgIpc) is 2.60. The Labute approximate surface area is 138 Å². The molecule has 3 rings (SSSR count). The van der Waals surface area contributed by atoms with Crippen molar-refractivity contribution >= 4 is 34.1 Å². The van der Waals surface area contributed by atoms with E-state index in [1.807, 2.05) is 42.5 Å². The van der Waals surface area contributed by atoms with Crippen LogP contribution >= 0.6 is 11.8 Å². The molecule has 1 aromatic heterocycles. The van der Waals surface area contributed by atoms with Crippen molar-refractivity contribution < 1.29 is 9.53 Å². The molecule has 5 nitrogen and oxygen atoms in total. The van der Waals surface area contributed by atoms with Crippen LogP contribution in [0, 0.1) is 0 Å². The predicted octanol–water partition coefficient (Wildman–Crippen LogP) is 3.37. The molecule has 0 aliphatic heterocycles. The van der Waals surface area contributed by atoms with E-state index in [9.17, 15) is 4.79 Å². The number of rotatable bonds is 5. The largest absolute Gasteiger partial charge is 0.497 e. The van der Waals surface area contributed by atoms with Crippen LogP contribution in [0.1, 0.15) is 0 Å². The number of nitrogens with one attached hydrogen (secondary N) is 1. The fraction of sp³-hybridized carbons (Fsp3) is 0.118. The number of thioether (sulfide) groups is 1. The molecule has 0 aliphatic rings.